The Labute approximate surface area is 143 Å². The minimum atomic E-state index is -0.341. The van der Waals surface area contributed by atoms with Crippen molar-refractivity contribution in [2.24, 2.45) is 7.05 Å². The molecule has 0 fully saturated rings. The summed E-state index contributed by atoms with van der Waals surface area (Å²) >= 11 is 0. The van der Waals surface area contributed by atoms with Crippen LogP contribution in [0.5, 0.6) is 0 Å². The number of hydrogen-bond donors (Lipinski definition) is 1. The number of H-pyrrole nitrogens is 1. The van der Waals surface area contributed by atoms with Crippen molar-refractivity contribution in [3.05, 3.63) is 62.9 Å². The lowest BCUT2D eigenvalue weighted by Gasteiger charge is -2.16. The molecule has 0 spiro atoms. The number of nitrogens with one attached hydrogen (secondary N) is 1. The number of fused-ring (bicyclic) bond motifs is 1. The predicted octanol–water partition coefficient (Wildman–Crippen LogP) is 0.472. The molecule has 1 aromatic carbocycles. The van der Waals surface area contributed by atoms with Crippen LogP contribution >= 0.6 is 0 Å². The molecule has 0 atom stereocenters. The monoisotopic (exact) mass is 341 g/mol. The second kappa shape index (κ2) is 6.76. The summed E-state index contributed by atoms with van der Waals surface area (Å²) in [6.07, 6.45) is 3.66. The Hall–Kier alpha value is -3.16. The largest absolute Gasteiger partial charge is 0.341 e. The Morgan fingerprint density at radius 1 is 1.24 bits per heavy atom. The number of aryl methyl sites for hydroxylation is 2. The topological polar surface area (TPSA) is 93.0 Å². The van der Waals surface area contributed by atoms with Gasteiger partial charge < -0.3 is 4.90 Å². The van der Waals surface area contributed by atoms with Gasteiger partial charge in [-0.3, -0.25) is 24.2 Å². The van der Waals surface area contributed by atoms with E-state index in [1.54, 1.807) is 47.1 Å². The minimum Gasteiger partial charge on any atom is -0.341 e. The third-order valence-electron chi connectivity index (χ3n) is 4.04. The average Bonchev–Trinajstić information content (AvgIpc) is 3.01. The van der Waals surface area contributed by atoms with Crippen molar-refractivity contribution < 1.29 is 4.79 Å². The smallest absolute Gasteiger partial charge is 0.273 e. The molecular weight excluding hydrogens is 322 g/mol. The van der Waals surface area contributed by atoms with Crippen molar-refractivity contribution in [1.82, 2.24) is 24.5 Å². The summed E-state index contributed by atoms with van der Waals surface area (Å²) in [5.41, 5.74) is 0.277. The fourth-order valence-corrected chi connectivity index (χ4v) is 2.72. The molecule has 0 aliphatic heterocycles. The van der Waals surface area contributed by atoms with Crippen LogP contribution in [-0.2, 0) is 24.9 Å². The van der Waals surface area contributed by atoms with Crippen molar-refractivity contribution in [3.63, 3.8) is 0 Å². The fraction of sp³-hybridized carbons (Fsp3) is 0.294. The molecule has 25 heavy (non-hydrogen) atoms. The number of hydrogen-bond acceptors (Lipinski definition) is 4. The first-order valence-electron chi connectivity index (χ1n) is 7.89. The molecule has 0 unspecified atom stereocenters. The van der Waals surface area contributed by atoms with E-state index in [0.717, 1.165) is 5.56 Å². The molecule has 0 bridgehead atoms. The van der Waals surface area contributed by atoms with E-state index in [4.69, 9.17) is 0 Å². The summed E-state index contributed by atoms with van der Waals surface area (Å²) in [6.45, 7) is 0.560. The number of carbonyl (C=O) groups is 1. The first kappa shape index (κ1) is 16.7. The van der Waals surface area contributed by atoms with Gasteiger partial charge in [0, 0.05) is 38.8 Å². The summed E-state index contributed by atoms with van der Waals surface area (Å²) in [5.74, 6) is -0.121. The van der Waals surface area contributed by atoms with Gasteiger partial charge in [-0.25, -0.2) is 4.68 Å². The van der Waals surface area contributed by atoms with Gasteiger partial charge in [0.2, 0.25) is 5.91 Å². The first-order valence-corrected chi connectivity index (χ1v) is 7.89. The van der Waals surface area contributed by atoms with Crippen LogP contribution in [0, 0.1) is 0 Å². The lowest BCUT2D eigenvalue weighted by Crippen LogP contribution is -2.33. The van der Waals surface area contributed by atoms with Gasteiger partial charge in [-0.2, -0.15) is 5.10 Å². The lowest BCUT2D eigenvalue weighted by atomic mass is 10.2. The molecule has 0 radical (unpaired) electrons. The zero-order chi connectivity index (χ0) is 18.0. The van der Waals surface area contributed by atoms with Crippen LogP contribution in [0.25, 0.3) is 10.8 Å². The van der Waals surface area contributed by atoms with Crippen molar-refractivity contribution in [2.45, 2.75) is 19.5 Å². The molecule has 8 heteroatoms. The summed E-state index contributed by atoms with van der Waals surface area (Å²) in [5, 5.41) is 7.30. The number of amides is 1. The van der Waals surface area contributed by atoms with Gasteiger partial charge in [0.1, 0.15) is 0 Å². The van der Waals surface area contributed by atoms with E-state index in [2.05, 4.69) is 10.2 Å². The summed E-state index contributed by atoms with van der Waals surface area (Å²) in [4.78, 5) is 38.3. The van der Waals surface area contributed by atoms with Gasteiger partial charge in [0.15, 0.2) is 0 Å². The van der Waals surface area contributed by atoms with Crippen molar-refractivity contribution in [3.8, 4) is 0 Å². The maximum atomic E-state index is 12.4. The van der Waals surface area contributed by atoms with Crippen LogP contribution in [0.4, 0.5) is 0 Å². The molecule has 0 aliphatic rings. The van der Waals surface area contributed by atoms with Crippen LogP contribution < -0.4 is 11.1 Å². The zero-order valence-corrected chi connectivity index (χ0v) is 14.1. The Balaban J connectivity index is 1.72. The second-order valence-corrected chi connectivity index (χ2v) is 5.97. The van der Waals surface area contributed by atoms with E-state index in [1.165, 1.54) is 4.68 Å². The molecule has 2 heterocycles. The van der Waals surface area contributed by atoms with Crippen LogP contribution in [0.15, 0.2) is 46.2 Å². The standard InChI is InChI=1S/C17H19N5O3/c1-20(10-12-9-18-21(2)11-12)15(23)7-8-22-17(25)14-6-4-3-5-13(14)16(24)19-22/h3-6,9,11H,7-8,10H2,1-2H3,(H,19,24). The molecule has 3 aromatic rings. The molecule has 0 saturated heterocycles. The van der Waals surface area contributed by atoms with Crippen molar-refractivity contribution in [2.75, 3.05) is 7.05 Å². The minimum absolute atomic E-state index is 0.116. The summed E-state index contributed by atoms with van der Waals surface area (Å²) < 4.78 is 2.87. The highest BCUT2D eigenvalue weighted by Gasteiger charge is 2.12. The Kier molecular flexibility index (Phi) is 4.51. The third kappa shape index (κ3) is 3.52. The van der Waals surface area contributed by atoms with Crippen LogP contribution in [0.3, 0.4) is 0 Å². The van der Waals surface area contributed by atoms with Gasteiger partial charge in [0.25, 0.3) is 11.1 Å². The summed E-state index contributed by atoms with van der Waals surface area (Å²) in [7, 11) is 3.51. The van der Waals surface area contributed by atoms with E-state index in [-0.39, 0.29) is 30.0 Å². The first-order chi connectivity index (χ1) is 12.0. The van der Waals surface area contributed by atoms with Crippen LogP contribution in [0.1, 0.15) is 12.0 Å². The van der Waals surface area contributed by atoms with Gasteiger partial charge in [-0.05, 0) is 12.1 Å². The van der Waals surface area contributed by atoms with Crippen LogP contribution in [-0.4, -0.2) is 37.4 Å². The highest BCUT2D eigenvalue weighted by molar-refractivity contribution is 5.80. The Morgan fingerprint density at radius 3 is 2.64 bits per heavy atom. The molecule has 3 rings (SSSR count). The molecule has 1 N–H and O–H groups in total. The van der Waals surface area contributed by atoms with Gasteiger partial charge in [-0.1, -0.05) is 12.1 Å². The Bertz CT molecular complexity index is 1030. The zero-order valence-electron chi connectivity index (χ0n) is 14.1. The number of aromatic amines is 1. The van der Waals surface area contributed by atoms with Gasteiger partial charge >= 0.3 is 0 Å². The number of carbonyl (C=O) groups excluding carboxylic acids is 1. The molecule has 1 amide bonds. The van der Waals surface area contributed by atoms with E-state index in [1.807, 2.05) is 13.2 Å². The maximum Gasteiger partial charge on any atom is 0.273 e. The summed E-state index contributed by atoms with van der Waals surface area (Å²) in [6, 6.07) is 6.63. The van der Waals surface area contributed by atoms with E-state index >= 15 is 0 Å². The van der Waals surface area contributed by atoms with Crippen molar-refractivity contribution in [1.29, 1.82) is 0 Å². The SMILES string of the molecule is CN(Cc1cnn(C)c1)C(=O)CCn1[nH]c(=O)c2ccccc2c1=O. The fourth-order valence-electron chi connectivity index (χ4n) is 2.72. The molecule has 2 aromatic heterocycles. The quantitative estimate of drug-likeness (QED) is 0.730. The molecule has 8 nitrogen and oxygen atoms in total. The maximum absolute atomic E-state index is 12.4. The number of aromatic nitrogens is 4. The Morgan fingerprint density at radius 2 is 1.96 bits per heavy atom. The molecule has 130 valence electrons. The normalized spacial score (nSPS) is 11.0. The second-order valence-electron chi connectivity index (χ2n) is 5.97. The van der Waals surface area contributed by atoms with Crippen molar-refractivity contribution >= 4 is 16.7 Å². The third-order valence-corrected chi connectivity index (χ3v) is 4.04. The number of rotatable bonds is 5. The van der Waals surface area contributed by atoms with E-state index < -0.39 is 0 Å². The number of benzene rings is 1. The molecule has 0 aliphatic carbocycles. The highest BCUT2D eigenvalue weighted by atomic mass is 16.2. The van der Waals surface area contributed by atoms with Crippen LogP contribution in [0.2, 0.25) is 0 Å². The highest BCUT2D eigenvalue weighted by Crippen LogP contribution is 2.05. The molecular formula is C17H19N5O3. The van der Waals surface area contributed by atoms with E-state index in [9.17, 15) is 14.4 Å². The van der Waals surface area contributed by atoms with E-state index in [0.29, 0.717) is 17.3 Å². The number of nitrogens with zero attached hydrogens (tertiary/aromatic N) is 4. The lowest BCUT2D eigenvalue weighted by molar-refractivity contribution is -0.130. The predicted molar refractivity (Wildman–Crippen MR) is 93.1 cm³/mol. The molecule has 0 saturated carbocycles. The average molecular weight is 341 g/mol. The van der Waals surface area contributed by atoms with Gasteiger partial charge in [0.05, 0.1) is 23.5 Å². The van der Waals surface area contributed by atoms with Gasteiger partial charge in [-0.15, -0.1) is 0 Å².